The maximum atomic E-state index is 13.0. The second-order valence-corrected chi connectivity index (χ2v) is 6.14. The van der Waals surface area contributed by atoms with Crippen LogP contribution in [0.1, 0.15) is 26.3 Å². The molecule has 0 unspecified atom stereocenters. The molecule has 148 valence electrons. The number of ketones is 2. The Morgan fingerprint density at radius 2 is 1.31 bits per heavy atom. The molecule has 3 rings (SSSR count). The largest absolute Gasteiger partial charge is 0.493 e. The Hall–Kier alpha value is -3.67. The Morgan fingerprint density at radius 3 is 1.90 bits per heavy atom. The smallest absolute Gasteiger partial charge is 0.200 e. The van der Waals surface area contributed by atoms with Crippen LogP contribution in [-0.2, 0) is 0 Å². The second-order valence-electron chi connectivity index (χ2n) is 6.14. The number of halogens is 1. The predicted octanol–water partition coefficient (Wildman–Crippen LogP) is 4.34. The lowest BCUT2D eigenvalue weighted by molar-refractivity contribution is 0.0920. The zero-order valence-corrected chi connectivity index (χ0v) is 16.0. The van der Waals surface area contributed by atoms with E-state index in [4.69, 9.17) is 14.2 Å². The lowest BCUT2D eigenvalue weighted by Crippen LogP contribution is -2.12. The van der Waals surface area contributed by atoms with Crippen LogP contribution < -0.4 is 14.2 Å². The number of hydrogen-bond donors (Lipinski definition) is 0. The molecule has 0 aliphatic heterocycles. The summed E-state index contributed by atoms with van der Waals surface area (Å²) in [5, 5.41) is 0. The molecule has 0 bridgehead atoms. The van der Waals surface area contributed by atoms with Gasteiger partial charge in [-0.05, 0) is 66.7 Å². The summed E-state index contributed by atoms with van der Waals surface area (Å²) in [7, 11) is 3.02. The average Bonchev–Trinajstić information content (AvgIpc) is 2.77. The van der Waals surface area contributed by atoms with Crippen LogP contribution in [0.3, 0.4) is 0 Å². The van der Waals surface area contributed by atoms with Crippen LogP contribution in [0.25, 0.3) is 0 Å². The van der Waals surface area contributed by atoms with Gasteiger partial charge in [-0.15, -0.1) is 0 Å². The van der Waals surface area contributed by atoms with Gasteiger partial charge >= 0.3 is 0 Å². The van der Waals surface area contributed by atoms with E-state index in [2.05, 4.69) is 0 Å². The van der Waals surface area contributed by atoms with E-state index in [1.807, 2.05) is 0 Å². The summed E-state index contributed by atoms with van der Waals surface area (Å²) in [6.45, 7) is -0.166. The van der Waals surface area contributed by atoms with Crippen molar-refractivity contribution in [3.63, 3.8) is 0 Å². The van der Waals surface area contributed by atoms with Crippen LogP contribution in [0, 0.1) is 5.82 Å². The Balaban J connectivity index is 1.63. The highest BCUT2D eigenvalue weighted by Crippen LogP contribution is 2.27. The standard InChI is InChI=1S/C23H19FO5/c1-27-21-12-7-17(13-22(21)28-2)20(25)14-29-19-10-5-16(6-11-19)23(26)15-3-8-18(24)9-4-15/h3-13H,14H2,1-2H3. The maximum absolute atomic E-state index is 13.0. The number of ether oxygens (including phenoxy) is 3. The SMILES string of the molecule is COc1ccc(C(=O)COc2ccc(C(=O)c3ccc(F)cc3)cc2)cc1OC. The lowest BCUT2D eigenvalue weighted by atomic mass is 10.0. The van der Waals surface area contributed by atoms with Crippen LogP contribution >= 0.6 is 0 Å². The molecule has 29 heavy (non-hydrogen) atoms. The van der Waals surface area contributed by atoms with Gasteiger partial charge in [0.2, 0.25) is 0 Å². The monoisotopic (exact) mass is 394 g/mol. The third kappa shape index (κ3) is 4.79. The molecule has 0 saturated carbocycles. The zero-order valence-electron chi connectivity index (χ0n) is 16.0. The number of hydrogen-bond acceptors (Lipinski definition) is 5. The lowest BCUT2D eigenvalue weighted by Gasteiger charge is -2.10. The fourth-order valence-electron chi connectivity index (χ4n) is 2.71. The van der Waals surface area contributed by atoms with E-state index in [0.29, 0.717) is 33.9 Å². The molecule has 0 atom stereocenters. The van der Waals surface area contributed by atoms with Crippen LogP contribution in [0.2, 0.25) is 0 Å². The third-order valence-electron chi connectivity index (χ3n) is 4.30. The topological polar surface area (TPSA) is 61.8 Å². The minimum Gasteiger partial charge on any atom is -0.493 e. The van der Waals surface area contributed by atoms with Gasteiger partial charge in [0.1, 0.15) is 11.6 Å². The molecule has 6 heteroatoms. The fraction of sp³-hybridized carbons (Fsp3) is 0.130. The van der Waals surface area contributed by atoms with Crippen molar-refractivity contribution in [3.05, 3.63) is 89.2 Å². The Kier molecular flexibility index (Phi) is 6.24. The molecule has 0 N–H and O–H groups in total. The van der Waals surface area contributed by atoms with E-state index >= 15 is 0 Å². The summed E-state index contributed by atoms with van der Waals surface area (Å²) in [4.78, 5) is 24.8. The van der Waals surface area contributed by atoms with Gasteiger partial charge in [-0.1, -0.05) is 0 Å². The van der Waals surface area contributed by atoms with Crippen molar-refractivity contribution >= 4 is 11.6 Å². The summed E-state index contributed by atoms with van der Waals surface area (Å²) < 4.78 is 28.9. The Bertz CT molecular complexity index is 1010. The van der Waals surface area contributed by atoms with Gasteiger partial charge in [-0.3, -0.25) is 9.59 Å². The molecule has 0 aliphatic rings. The Labute approximate surface area is 167 Å². The van der Waals surface area contributed by atoms with Crippen molar-refractivity contribution in [2.75, 3.05) is 20.8 Å². The van der Waals surface area contributed by atoms with Crippen LogP contribution in [0.4, 0.5) is 4.39 Å². The average molecular weight is 394 g/mol. The van der Waals surface area contributed by atoms with Gasteiger partial charge in [0.25, 0.3) is 0 Å². The number of rotatable bonds is 8. The first-order chi connectivity index (χ1) is 14.0. The van der Waals surface area contributed by atoms with Gasteiger partial charge in [0, 0.05) is 16.7 Å². The van der Waals surface area contributed by atoms with Crippen molar-refractivity contribution in [2.24, 2.45) is 0 Å². The minimum atomic E-state index is -0.399. The number of Topliss-reactive ketones (excluding diaryl/α,β-unsaturated/α-hetero) is 1. The normalized spacial score (nSPS) is 10.3. The number of benzene rings is 3. The summed E-state index contributed by atoms with van der Waals surface area (Å²) in [6, 6.07) is 16.7. The van der Waals surface area contributed by atoms with E-state index in [-0.39, 0.29) is 18.2 Å². The number of carbonyl (C=O) groups is 2. The quantitative estimate of drug-likeness (QED) is 0.532. The van der Waals surface area contributed by atoms with Gasteiger partial charge in [-0.25, -0.2) is 4.39 Å². The van der Waals surface area contributed by atoms with E-state index in [1.54, 1.807) is 42.5 Å². The summed E-state index contributed by atoms with van der Waals surface area (Å²) in [5.41, 5.74) is 1.27. The zero-order chi connectivity index (χ0) is 20.8. The highest BCUT2D eigenvalue weighted by atomic mass is 19.1. The van der Waals surface area contributed by atoms with Crippen molar-refractivity contribution in [2.45, 2.75) is 0 Å². The third-order valence-corrected chi connectivity index (χ3v) is 4.30. The van der Waals surface area contributed by atoms with Gasteiger partial charge < -0.3 is 14.2 Å². The van der Waals surface area contributed by atoms with Gasteiger partial charge in [0.15, 0.2) is 29.7 Å². The highest BCUT2D eigenvalue weighted by Gasteiger charge is 2.13. The highest BCUT2D eigenvalue weighted by molar-refractivity contribution is 6.09. The molecule has 0 amide bonds. The molecule has 5 nitrogen and oxygen atoms in total. The summed E-state index contributed by atoms with van der Waals surface area (Å²) in [5.74, 6) is 0.600. The molecule has 0 fully saturated rings. The molecular weight excluding hydrogens is 375 g/mol. The van der Waals surface area contributed by atoms with E-state index in [9.17, 15) is 14.0 Å². The van der Waals surface area contributed by atoms with E-state index in [0.717, 1.165) is 0 Å². The first-order valence-electron chi connectivity index (χ1n) is 8.80. The fourth-order valence-corrected chi connectivity index (χ4v) is 2.71. The maximum Gasteiger partial charge on any atom is 0.200 e. The van der Waals surface area contributed by atoms with Gasteiger partial charge in [-0.2, -0.15) is 0 Å². The summed E-state index contributed by atoms with van der Waals surface area (Å²) in [6.07, 6.45) is 0. The molecule has 0 radical (unpaired) electrons. The Morgan fingerprint density at radius 1 is 0.759 bits per heavy atom. The molecule has 0 spiro atoms. The molecule has 0 aliphatic carbocycles. The number of methoxy groups -OCH3 is 2. The van der Waals surface area contributed by atoms with Crippen molar-refractivity contribution < 1.29 is 28.2 Å². The number of carbonyl (C=O) groups excluding carboxylic acids is 2. The van der Waals surface area contributed by atoms with Crippen LogP contribution in [0.5, 0.6) is 17.2 Å². The van der Waals surface area contributed by atoms with Gasteiger partial charge in [0.05, 0.1) is 14.2 Å². The van der Waals surface area contributed by atoms with Crippen LogP contribution in [-0.4, -0.2) is 32.4 Å². The van der Waals surface area contributed by atoms with Crippen LogP contribution in [0.15, 0.2) is 66.7 Å². The predicted molar refractivity (Wildman–Crippen MR) is 106 cm³/mol. The van der Waals surface area contributed by atoms with Crippen molar-refractivity contribution in [1.82, 2.24) is 0 Å². The van der Waals surface area contributed by atoms with E-state index < -0.39 is 5.82 Å². The minimum absolute atomic E-state index is 0.166. The summed E-state index contributed by atoms with van der Waals surface area (Å²) >= 11 is 0. The molecule has 3 aromatic carbocycles. The molecule has 3 aromatic rings. The molecule has 0 aromatic heterocycles. The molecular formula is C23H19FO5. The van der Waals surface area contributed by atoms with Crippen molar-refractivity contribution in [3.8, 4) is 17.2 Å². The first kappa shape index (κ1) is 20.1. The molecule has 0 saturated heterocycles. The first-order valence-corrected chi connectivity index (χ1v) is 8.80. The molecule has 0 heterocycles. The second kappa shape index (κ2) is 9.01. The van der Waals surface area contributed by atoms with Crippen molar-refractivity contribution in [1.29, 1.82) is 0 Å². The van der Waals surface area contributed by atoms with E-state index in [1.165, 1.54) is 38.5 Å².